The maximum atomic E-state index is 14.6. The van der Waals surface area contributed by atoms with Gasteiger partial charge in [0.05, 0.1) is 5.56 Å². The van der Waals surface area contributed by atoms with Crippen molar-refractivity contribution in [3.63, 3.8) is 0 Å². The van der Waals surface area contributed by atoms with Crippen LogP contribution in [0.25, 0.3) is 0 Å². The summed E-state index contributed by atoms with van der Waals surface area (Å²) in [4.78, 5) is 22.7. The number of ether oxygens (including phenoxy) is 1. The monoisotopic (exact) mass is 327 g/mol. The smallest absolute Gasteiger partial charge is 0.342 e. The molecular formula is C15H22FN3O4. The van der Waals surface area contributed by atoms with Gasteiger partial charge in [-0.15, -0.1) is 0 Å². The number of rotatable bonds is 6. The second-order valence-electron chi connectivity index (χ2n) is 5.31. The number of aliphatic hydroxyl groups is 1. The Morgan fingerprint density at radius 1 is 1.43 bits per heavy atom. The summed E-state index contributed by atoms with van der Waals surface area (Å²) in [5.41, 5.74) is 11.8. The first-order valence-corrected chi connectivity index (χ1v) is 7.11. The summed E-state index contributed by atoms with van der Waals surface area (Å²) in [7, 11) is 0. The molecule has 2 atom stereocenters. The Balaban J connectivity index is 3.07. The summed E-state index contributed by atoms with van der Waals surface area (Å²) >= 11 is 0. The highest BCUT2D eigenvalue weighted by Gasteiger charge is 2.23. The molecule has 23 heavy (non-hydrogen) atoms. The van der Waals surface area contributed by atoms with E-state index < -0.39 is 30.1 Å². The lowest BCUT2D eigenvalue weighted by Crippen LogP contribution is -2.37. The van der Waals surface area contributed by atoms with Gasteiger partial charge in [0.25, 0.3) is 0 Å². The number of urea groups is 1. The highest BCUT2D eigenvalue weighted by Crippen LogP contribution is 2.23. The standard InChI is InChI=1S/C15H22FN3O4/c1-7-6-11(14(21)23-13(17)9(3)20)12(16)10(8(7)2)4-5-19-15(18)22/h6,9,13,20H,4-5,17H2,1-3H3,(H3,18,19,22). The van der Waals surface area contributed by atoms with E-state index in [1.54, 1.807) is 13.8 Å². The number of aryl methyl sites for hydroxylation is 1. The third kappa shape index (κ3) is 4.90. The third-order valence-electron chi connectivity index (χ3n) is 3.52. The molecule has 1 rings (SSSR count). The predicted octanol–water partition coefficient (Wildman–Crippen LogP) is 0.476. The molecule has 0 aliphatic heterocycles. The van der Waals surface area contributed by atoms with Crippen molar-refractivity contribution < 1.29 is 23.8 Å². The quantitative estimate of drug-likeness (QED) is 0.446. The zero-order valence-corrected chi connectivity index (χ0v) is 13.4. The number of primary amides is 1. The molecule has 1 aromatic carbocycles. The van der Waals surface area contributed by atoms with Gasteiger partial charge in [-0.1, -0.05) is 0 Å². The number of halogens is 1. The number of nitrogens with two attached hydrogens (primary N) is 2. The van der Waals surface area contributed by atoms with E-state index in [1.165, 1.54) is 13.0 Å². The Kier molecular flexibility index (Phi) is 6.47. The number of nitrogens with one attached hydrogen (secondary N) is 1. The summed E-state index contributed by atoms with van der Waals surface area (Å²) in [6.45, 7) is 4.94. The molecule has 0 bridgehead atoms. The molecule has 0 aliphatic carbocycles. The van der Waals surface area contributed by atoms with Gasteiger partial charge >= 0.3 is 12.0 Å². The van der Waals surface area contributed by atoms with Crippen molar-refractivity contribution in [3.05, 3.63) is 34.1 Å². The van der Waals surface area contributed by atoms with E-state index in [-0.39, 0.29) is 24.1 Å². The molecule has 128 valence electrons. The molecular weight excluding hydrogens is 305 g/mol. The van der Waals surface area contributed by atoms with E-state index in [9.17, 15) is 19.1 Å². The van der Waals surface area contributed by atoms with Gasteiger partial charge in [-0.3, -0.25) is 5.73 Å². The number of hydrogen-bond donors (Lipinski definition) is 4. The molecule has 0 aromatic heterocycles. The number of amides is 2. The number of esters is 1. The third-order valence-corrected chi connectivity index (χ3v) is 3.52. The molecule has 2 unspecified atom stereocenters. The van der Waals surface area contributed by atoms with E-state index in [0.717, 1.165) is 0 Å². The number of carbonyl (C=O) groups is 2. The topological polar surface area (TPSA) is 128 Å². The summed E-state index contributed by atoms with van der Waals surface area (Å²) in [6, 6.07) is 0.658. The van der Waals surface area contributed by atoms with Crippen LogP contribution in [0.4, 0.5) is 9.18 Å². The lowest BCUT2D eigenvalue weighted by Gasteiger charge is -2.18. The first kappa shape index (κ1) is 18.9. The van der Waals surface area contributed by atoms with Gasteiger partial charge in [-0.05, 0) is 49.9 Å². The van der Waals surface area contributed by atoms with Gasteiger partial charge in [-0.25, -0.2) is 14.0 Å². The summed E-state index contributed by atoms with van der Waals surface area (Å²) in [6.07, 6.45) is -2.15. The molecule has 2 amide bonds. The lowest BCUT2D eigenvalue weighted by molar-refractivity contribution is -0.00988. The molecule has 6 N–H and O–H groups in total. The van der Waals surface area contributed by atoms with E-state index in [2.05, 4.69) is 5.32 Å². The van der Waals surface area contributed by atoms with Crippen LogP contribution in [0.1, 0.15) is 34.0 Å². The molecule has 0 fully saturated rings. The van der Waals surface area contributed by atoms with Crippen molar-refractivity contribution in [2.45, 2.75) is 39.5 Å². The van der Waals surface area contributed by atoms with Crippen LogP contribution in [0.15, 0.2) is 6.07 Å². The summed E-state index contributed by atoms with van der Waals surface area (Å²) in [5.74, 6) is -1.69. The second-order valence-corrected chi connectivity index (χ2v) is 5.31. The maximum absolute atomic E-state index is 14.6. The normalized spacial score (nSPS) is 13.3. The first-order chi connectivity index (χ1) is 10.6. The minimum Gasteiger partial charge on any atom is -0.440 e. The summed E-state index contributed by atoms with van der Waals surface area (Å²) in [5, 5.41) is 11.6. The minimum absolute atomic E-state index is 0.137. The highest BCUT2D eigenvalue weighted by atomic mass is 19.1. The van der Waals surface area contributed by atoms with Crippen LogP contribution >= 0.6 is 0 Å². The van der Waals surface area contributed by atoms with Crippen molar-refractivity contribution in [2.24, 2.45) is 11.5 Å². The lowest BCUT2D eigenvalue weighted by atomic mass is 9.96. The average molecular weight is 327 g/mol. The van der Waals surface area contributed by atoms with Crippen LogP contribution in [0.5, 0.6) is 0 Å². The van der Waals surface area contributed by atoms with Crippen LogP contribution in [-0.2, 0) is 11.2 Å². The fourth-order valence-electron chi connectivity index (χ4n) is 2.00. The van der Waals surface area contributed by atoms with E-state index in [4.69, 9.17) is 16.2 Å². The van der Waals surface area contributed by atoms with Crippen LogP contribution in [0.3, 0.4) is 0 Å². The van der Waals surface area contributed by atoms with Gasteiger partial charge in [0.2, 0.25) is 0 Å². The fraction of sp³-hybridized carbons (Fsp3) is 0.467. The number of benzene rings is 1. The van der Waals surface area contributed by atoms with Gasteiger partial charge in [0.15, 0.2) is 6.23 Å². The molecule has 1 aromatic rings. The van der Waals surface area contributed by atoms with E-state index in [1.807, 2.05) is 0 Å². The number of aliphatic hydroxyl groups excluding tert-OH is 1. The predicted molar refractivity (Wildman–Crippen MR) is 82.2 cm³/mol. The average Bonchev–Trinajstić information content (AvgIpc) is 2.45. The number of hydrogen-bond acceptors (Lipinski definition) is 5. The van der Waals surface area contributed by atoms with Crippen molar-refractivity contribution in [2.75, 3.05) is 6.54 Å². The van der Waals surface area contributed by atoms with E-state index in [0.29, 0.717) is 11.1 Å². The molecule has 7 nitrogen and oxygen atoms in total. The van der Waals surface area contributed by atoms with E-state index >= 15 is 0 Å². The molecule has 0 aliphatic rings. The van der Waals surface area contributed by atoms with Crippen molar-refractivity contribution >= 4 is 12.0 Å². The molecule has 0 saturated carbocycles. The van der Waals surface area contributed by atoms with Crippen molar-refractivity contribution in [3.8, 4) is 0 Å². The largest absolute Gasteiger partial charge is 0.440 e. The minimum atomic E-state index is -1.25. The Bertz CT molecular complexity index is 605. The Hall–Kier alpha value is -2.19. The SMILES string of the molecule is Cc1cc(C(=O)OC(N)C(C)O)c(F)c(CCNC(N)=O)c1C. The molecule has 8 heteroatoms. The van der Waals surface area contributed by atoms with Crippen LogP contribution in [-0.4, -0.2) is 36.0 Å². The zero-order valence-electron chi connectivity index (χ0n) is 13.4. The molecule has 0 spiro atoms. The molecule has 0 radical (unpaired) electrons. The van der Waals surface area contributed by atoms with Crippen LogP contribution < -0.4 is 16.8 Å². The fourth-order valence-corrected chi connectivity index (χ4v) is 2.00. The van der Waals surface area contributed by atoms with Crippen LogP contribution in [0.2, 0.25) is 0 Å². The second kappa shape index (κ2) is 7.89. The van der Waals surface area contributed by atoms with Gasteiger partial charge in [0.1, 0.15) is 11.9 Å². The highest BCUT2D eigenvalue weighted by molar-refractivity contribution is 5.90. The van der Waals surface area contributed by atoms with Crippen molar-refractivity contribution in [1.82, 2.24) is 5.32 Å². The molecule has 0 heterocycles. The van der Waals surface area contributed by atoms with Gasteiger partial charge in [-0.2, -0.15) is 0 Å². The maximum Gasteiger partial charge on any atom is 0.342 e. The van der Waals surface area contributed by atoms with Crippen LogP contribution in [0, 0.1) is 19.7 Å². The Labute approximate surface area is 133 Å². The first-order valence-electron chi connectivity index (χ1n) is 7.11. The zero-order chi connectivity index (χ0) is 17.7. The van der Waals surface area contributed by atoms with Gasteiger partial charge in [0, 0.05) is 6.54 Å². The number of carbonyl (C=O) groups excluding carboxylic acids is 2. The van der Waals surface area contributed by atoms with Gasteiger partial charge < -0.3 is 20.9 Å². The Morgan fingerprint density at radius 3 is 2.57 bits per heavy atom. The molecule has 0 saturated heterocycles. The Morgan fingerprint density at radius 2 is 2.04 bits per heavy atom. The summed E-state index contributed by atoms with van der Waals surface area (Å²) < 4.78 is 19.4. The van der Waals surface area contributed by atoms with Crippen molar-refractivity contribution in [1.29, 1.82) is 0 Å².